The standard InChI is InChI=1S/C9H8F5NO.ClH/c10-8(11)16-6-3-1-5(2-4-6)7(15)9(12,13)14;/h1-4,7-8H,15H2;1H. The Morgan fingerprint density at radius 2 is 1.53 bits per heavy atom. The lowest BCUT2D eigenvalue weighted by Gasteiger charge is -2.16. The van der Waals surface area contributed by atoms with Gasteiger partial charge < -0.3 is 10.5 Å². The van der Waals surface area contributed by atoms with Crippen molar-refractivity contribution >= 4 is 12.4 Å². The molecule has 0 aliphatic rings. The molecule has 98 valence electrons. The van der Waals surface area contributed by atoms with Crippen LogP contribution in [0.25, 0.3) is 0 Å². The minimum absolute atomic E-state index is 0. The van der Waals surface area contributed by atoms with E-state index in [1.54, 1.807) is 0 Å². The van der Waals surface area contributed by atoms with Gasteiger partial charge in [0.1, 0.15) is 11.8 Å². The first kappa shape index (κ1) is 15.9. The highest BCUT2D eigenvalue weighted by atomic mass is 35.5. The van der Waals surface area contributed by atoms with Crippen molar-refractivity contribution in [1.29, 1.82) is 0 Å². The van der Waals surface area contributed by atoms with Gasteiger partial charge in [0.2, 0.25) is 0 Å². The van der Waals surface area contributed by atoms with Crippen molar-refractivity contribution in [3.05, 3.63) is 29.8 Å². The molecule has 0 saturated heterocycles. The van der Waals surface area contributed by atoms with Gasteiger partial charge in [0, 0.05) is 0 Å². The highest BCUT2D eigenvalue weighted by Crippen LogP contribution is 2.31. The molecule has 0 amide bonds. The number of hydrogen-bond donors (Lipinski definition) is 1. The maximum atomic E-state index is 12.2. The van der Waals surface area contributed by atoms with Crippen LogP contribution in [0.3, 0.4) is 0 Å². The monoisotopic (exact) mass is 277 g/mol. The van der Waals surface area contributed by atoms with E-state index in [0.717, 1.165) is 24.3 Å². The van der Waals surface area contributed by atoms with Crippen molar-refractivity contribution in [2.45, 2.75) is 18.8 Å². The normalized spacial score (nSPS) is 13.1. The van der Waals surface area contributed by atoms with Gasteiger partial charge in [-0.1, -0.05) is 12.1 Å². The smallest absolute Gasteiger partial charge is 0.407 e. The van der Waals surface area contributed by atoms with Crippen molar-refractivity contribution in [3.8, 4) is 5.75 Å². The summed E-state index contributed by atoms with van der Waals surface area (Å²) >= 11 is 0. The Morgan fingerprint density at radius 1 is 1.06 bits per heavy atom. The van der Waals surface area contributed by atoms with E-state index in [-0.39, 0.29) is 23.7 Å². The van der Waals surface area contributed by atoms with E-state index < -0.39 is 18.8 Å². The molecule has 0 aliphatic carbocycles. The molecule has 1 aromatic rings. The molecule has 2 nitrogen and oxygen atoms in total. The second kappa shape index (κ2) is 6.02. The first-order valence-electron chi connectivity index (χ1n) is 4.18. The molecule has 0 aliphatic heterocycles. The first-order valence-corrected chi connectivity index (χ1v) is 4.18. The maximum absolute atomic E-state index is 12.2. The molecule has 2 N–H and O–H groups in total. The molecule has 0 bridgehead atoms. The maximum Gasteiger partial charge on any atom is 0.407 e. The number of rotatable bonds is 3. The average Bonchev–Trinajstić information content (AvgIpc) is 2.15. The van der Waals surface area contributed by atoms with Gasteiger partial charge in [-0.15, -0.1) is 12.4 Å². The Hall–Kier alpha value is -1.08. The minimum atomic E-state index is -4.56. The molecular formula is C9H9ClF5NO. The number of benzene rings is 1. The Balaban J connectivity index is 0.00000256. The Morgan fingerprint density at radius 3 is 1.88 bits per heavy atom. The molecule has 1 atom stereocenters. The highest BCUT2D eigenvalue weighted by molar-refractivity contribution is 5.85. The van der Waals surface area contributed by atoms with Gasteiger partial charge in [0.05, 0.1) is 0 Å². The Labute approximate surface area is 100.0 Å². The number of nitrogens with two attached hydrogens (primary N) is 1. The van der Waals surface area contributed by atoms with Crippen LogP contribution in [0.15, 0.2) is 24.3 Å². The molecule has 0 radical (unpaired) electrons. The van der Waals surface area contributed by atoms with E-state index >= 15 is 0 Å². The second-order valence-electron chi connectivity index (χ2n) is 2.97. The van der Waals surface area contributed by atoms with E-state index in [0.29, 0.717) is 0 Å². The van der Waals surface area contributed by atoms with Crippen LogP contribution in [-0.4, -0.2) is 12.8 Å². The summed E-state index contributed by atoms with van der Waals surface area (Å²) in [7, 11) is 0. The van der Waals surface area contributed by atoms with Crippen LogP contribution < -0.4 is 10.5 Å². The van der Waals surface area contributed by atoms with Crippen LogP contribution in [0, 0.1) is 0 Å². The molecule has 0 fully saturated rings. The summed E-state index contributed by atoms with van der Waals surface area (Å²) < 4.78 is 64.0. The number of halogens is 6. The zero-order valence-corrected chi connectivity index (χ0v) is 9.06. The summed E-state index contributed by atoms with van der Waals surface area (Å²) in [5, 5.41) is 0. The third-order valence-corrected chi connectivity index (χ3v) is 1.82. The topological polar surface area (TPSA) is 35.2 Å². The van der Waals surface area contributed by atoms with Crippen LogP contribution in [0.4, 0.5) is 22.0 Å². The molecule has 0 heterocycles. The average molecular weight is 278 g/mol. The van der Waals surface area contributed by atoms with Gasteiger partial charge in [-0.05, 0) is 17.7 Å². The van der Waals surface area contributed by atoms with E-state index in [2.05, 4.69) is 4.74 Å². The molecular weight excluding hydrogens is 269 g/mol. The summed E-state index contributed by atoms with van der Waals surface area (Å²) in [6.45, 7) is -3.01. The van der Waals surface area contributed by atoms with Gasteiger partial charge in [0.15, 0.2) is 0 Å². The van der Waals surface area contributed by atoms with Crippen molar-refractivity contribution in [2.75, 3.05) is 0 Å². The zero-order chi connectivity index (χ0) is 12.3. The number of ether oxygens (including phenoxy) is 1. The molecule has 0 saturated carbocycles. The van der Waals surface area contributed by atoms with Crippen LogP contribution in [-0.2, 0) is 0 Å². The predicted molar refractivity (Wildman–Crippen MR) is 53.3 cm³/mol. The van der Waals surface area contributed by atoms with E-state index in [9.17, 15) is 22.0 Å². The lowest BCUT2D eigenvalue weighted by molar-refractivity contribution is -0.149. The third kappa shape index (κ3) is 4.74. The van der Waals surface area contributed by atoms with Crippen LogP contribution in [0.5, 0.6) is 5.75 Å². The summed E-state index contributed by atoms with van der Waals surface area (Å²) in [6, 6.07) is 1.87. The van der Waals surface area contributed by atoms with Gasteiger partial charge in [-0.2, -0.15) is 22.0 Å². The molecule has 1 rings (SSSR count). The summed E-state index contributed by atoms with van der Waals surface area (Å²) in [5.41, 5.74) is 4.70. The first-order chi connectivity index (χ1) is 7.30. The van der Waals surface area contributed by atoms with Crippen LogP contribution in [0.2, 0.25) is 0 Å². The molecule has 0 spiro atoms. The van der Waals surface area contributed by atoms with Crippen molar-refractivity contribution in [2.24, 2.45) is 5.73 Å². The molecule has 1 unspecified atom stereocenters. The molecule has 1 aromatic carbocycles. The van der Waals surface area contributed by atoms with Crippen molar-refractivity contribution in [3.63, 3.8) is 0 Å². The van der Waals surface area contributed by atoms with E-state index in [1.807, 2.05) is 0 Å². The lowest BCUT2D eigenvalue weighted by Crippen LogP contribution is -2.28. The zero-order valence-electron chi connectivity index (χ0n) is 8.25. The summed E-state index contributed by atoms with van der Waals surface area (Å²) in [5.74, 6) is -0.215. The van der Waals surface area contributed by atoms with Gasteiger partial charge in [-0.3, -0.25) is 0 Å². The van der Waals surface area contributed by atoms with Gasteiger partial charge in [0.25, 0.3) is 0 Å². The fraction of sp³-hybridized carbons (Fsp3) is 0.333. The summed E-state index contributed by atoms with van der Waals surface area (Å²) in [4.78, 5) is 0. The summed E-state index contributed by atoms with van der Waals surface area (Å²) in [6.07, 6.45) is -4.56. The van der Waals surface area contributed by atoms with Crippen LogP contribution in [0.1, 0.15) is 11.6 Å². The fourth-order valence-corrected chi connectivity index (χ4v) is 1.05. The van der Waals surface area contributed by atoms with Gasteiger partial charge in [-0.25, -0.2) is 0 Å². The SMILES string of the molecule is Cl.NC(c1ccc(OC(F)F)cc1)C(F)(F)F. The van der Waals surface area contributed by atoms with Crippen molar-refractivity contribution < 1.29 is 26.7 Å². The van der Waals surface area contributed by atoms with Crippen molar-refractivity contribution in [1.82, 2.24) is 0 Å². The van der Waals surface area contributed by atoms with E-state index in [4.69, 9.17) is 5.73 Å². The predicted octanol–water partition coefficient (Wildman–Crippen LogP) is 3.27. The molecule has 8 heteroatoms. The second-order valence-corrected chi connectivity index (χ2v) is 2.97. The molecule has 0 aromatic heterocycles. The molecule has 17 heavy (non-hydrogen) atoms. The Kier molecular flexibility index (Phi) is 5.63. The van der Waals surface area contributed by atoms with Crippen LogP contribution >= 0.6 is 12.4 Å². The lowest BCUT2D eigenvalue weighted by atomic mass is 10.1. The third-order valence-electron chi connectivity index (χ3n) is 1.82. The Bertz CT molecular complexity index is 340. The number of hydrogen-bond acceptors (Lipinski definition) is 2. The fourth-order valence-electron chi connectivity index (χ4n) is 1.05. The largest absolute Gasteiger partial charge is 0.435 e. The minimum Gasteiger partial charge on any atom is -0.435 e. The quantitative estimate of drug-likeness (QED) is 0.861. The number of alkyl halides is 5. The van der Waals surface area contributed by atoms with E-state index in [1.165, 1.54) is 0 Å². The highest BCUT2D eigenvalue weighted by Gasteiger charge is 2.37. The van der Waals surface area contributed by atoms with Gasteiger partial charge >= 0.3 is 12.8 Å².